The van der Waals surface area contributed by atoms with Gasteiger partial charge in [0.1, 0.15) is 0 Å². The number of aromatic amines is 1. The second kappa shape index (κ2) is 6.77. The Morgan fingerprint density at radius 1 is 1.21 bits per heavy atom. The number of pyridine rings is 1. The van der Waals surface area contributed by atoms with Crippen LogP contribution in [0.3, 0.4) is 0 Å². The van der Waals surface area contributed by atoms with Gasteiger partial charge >= 0.3 is 6.03 Å². The highest BCUT2D eigenvalue weighted by Gasteiger charge is 2.35. The van der Waals surface area contributed by atoms with E-state index >= 15 is 0 Å². The van der Waals surface area contributed by atoms with Crippen molar-refractivity contribution in [1.29, 1.82) is 0 Å². The van der Waals surface area contributed by atoms with Crippen molar-refractivity contribution < 1.29 is 9.59 Å². The Morgan fingerprint density at radius 2 is 2.07 bits per heavy atom. The third-order valence-corrected chi connectivity index (χ3v) is 5.69. The van der Waals surface area contributed by atoms with Crippen molar-refractivity contribution in [3.63, 3.8) is 0 Å². The molecule has 29 heavy (non-hydrogen) atoms. The van der Waals surface area contributed by atoms with Crippen LogP contribution < -0.4 is 10.6 Å². The molecule has 2 aromatic heterocycles. The number of carbonyl (C=O) groups is 2. The highest BCUT2D eigenvalue weighted by atomic mass is 16.2. The molecule has 1 unspecified atom stereocenters. The summed E-state index contributed by atoms with van der Waals surface area (Å²) in [6, 6.07) is 11.1. The van der Waals surface area contributed by atoms with Crippen molar-refractivity contribution in [3.8, 4) is 0 Å². The molecule has 0 saturated heterocycles. The number of para-hydroxylation sites is 1. The molecule has 0 saturated carbocycles. The molecular formula is C22H21N5O2. The number of nitrogens with one attached hydrogen (secondary N) is 3. The van der Waals surface area contributed by atoms with E-state index in [9.17, 15) is 9.59 Å². The van der Waals surface area contributed by atoms with Gasteiger partial charge in [-0.25, -0.2) is 4.79 Å². The van der Waals surface area contributed by atoms with E-state index in [1.54, 1.807) is 25.4 Å². The maximum absolute atomic E-state index is 13.5. The minimum Gasteiger partial charge on any atom is -0.357 e. The van der Waals surface area contributed by atoms with Gasteiger partial charge in [-0.05, 0) is 36.6 Å². The number of benzene rings is 1. The summed E-state index contributed by atoms with van der Waals surface area (Å²) < 4.78 is 0. The van der Waals surface area contributed by atoms with Gasteiger partial charge in [0.25, 0.3) is 5.91 Å². The lowest BCUT2D eigenvalue weighted by atomic mass is 9.94. The number of H-pyrrole nitrogens is 1. The van der Waals surface area contributed by atoms with E-state index < -0.39 is 6.04 Å². The highest BCUT2D eigenvalue weighted by molar-refractivity contribution is 5.99. The number of allylic oxidation sites excluding steroid dienone is 1. The lowest BCUT2D eigenvalue weighted by Gasteiger charge is -2.33. The smallest absolute Gasteiger partial charge is 0.319 e. The second-order valence-electron chi connectivity index (χ2n) is 7.46. The van der Waals surface area contributed by atoms with Gasteiger partial charge in [-0.15, -0.1) is 0 Å². The van der Waals surface area contributed by atoms with Crippen molar-refractivity contribution >= 4 is 22.8 Å². The Bertz CT molecular complexity index is 1150. The summed E-state index contributed by atoms with van der Waals surface area (Å²) in [5, 5.41) is 6.84. The third kappa shape index (κ3) is 2.95. The lowest BCUT2D eigenvalue weighted by Crippen LogP contribution is -2.48. The van der Waals surface area contributed by atoms with Crippen LogP contribution in [0.15, 0.2) is 60.1 Å². The molecule has 0 fully saturated rings. The van der Waals surface area contributed by atoms with Crippen LogP contribution in [0.5, 0.6) is 0 Å². The van der Waals surface area contributed by atoms with Crippen LogP contribution in [-0.2, 0) is 17.8 Å². The normalized spacial score (nSPS) is 19.0. The van der Waals surface area contributed by atoms with Gasteiger partial charge in [0.05, 0.1) is 18.2 Å². The zero-order valence-corrected chi connectivity index (χ0v) is 16.0. The summed E-state index contributed by atoms with van der Waals surface area (Å²) in [6.07, 6.45) is 4.16. The molecule has 146 valence electrons. The summed E-state index contributed by atoms with van der Waals surface area (Å²) in [5.41, 5.74) is 5.38. The average molecular weight is 387 g/mol. The maximum atomic E-state index is 13.5. The molecule has 5 rings (SSSR count). The number of nitrogens with zero attached hydrogens (tertiary/aromatic N) is 2. The van der Waals surface area contributed by atoms with Crippen LogP contribution in [-0.4, -0.2) is 33.4 Å². The van der Waals surface area contributed by atoms with Crippen LogP contribution in [0.1, 0.15) is 29.8 Å². The first-order valence-electron chi connectivity index (χ1n) is 9.68. The fourth-order valence-electron chi connectivity index (χ4n) is 4.31. The van der Waals surface area contributed by atoms with Crippen molar-refractivity contribution in [2.24, 2.45) is 0 Å². The molecule has 2 aliphatic heterocycles. The largest absolute Gasteiger partial charge is 0.357 e. The van der Waals surface area contributed by atoms with Crippen molar-refractivity contribution in [2.45, 2.75) is 25.9 Å². The number of carbonyl (C=O) groups excluding carboxylic acids is 2. The topological polar surface area (TPSA) is 90.1 Å². The number of urea groups is 1. The first kappa shape index (κ1) is 17.5. The van der Waals surface area contributed by atoms with Crippen LogP contribution in [0.4, 0.5) is 4.79 Å². The lowest BCUT2D eigenvalue weighted by molar-refractivity contribution is -0.128. The molecule has 3 aromatic rings. The van der Waals surface area contributed by atoms with Crippen LogP contribution in [0, 0.1) is 0 Å². The van der Waals surface area contributed by atoms with Gasteiger partial charge in [0, 0.05) is 41.2 Å². The van der Waals surface area contributed by atoms with Crippen molar-refractivity contribution in [1.82, 2.24) is 25.5 Å². The van der Waals surface area contributed by atoms with E-state index in [4.69, 9.17) is 0 Å². The molecule has 0 spiro atoms. The van der Waals surface area contributed by atoms with Crippen molar-refractivity contribution in [2.75, 3.05) is 6.54 Å². The molecule has 0 bridgehead atoms. The monoisotopic (exact) mass is 387 g/mol. The fourth-order valence-corrected chi connectivity index (χ4v) is 4.31. The number of hydrogen-bond acceptors (Lipinski definition) is 3. The Hall–Kier alpha value is -3.61. The van der Waals surface area contributed by atoms with Crippen LogP contribution in [0.25, 0.3) is 10.9 Å². The molecule has 0 radical (unpaired) electrons. The Balaban J connectivity index is 1.48. The number of fused-ring (bicyclic) bond motifs is 3. The molecule has 4 heterocycles. The maximum Gasteiger partial charge on any atom is 0.319 e. The summed E-state index contributed by atoms with van der Waals surface area (Å²) >= 11 is 0. The number of amides is 3. The number of aromatic nitrogens is 2. The van der Waals surface area contributed by atoms with Gasteiger partial charge in [-0.3, -0.25) is 9.78 Å². The Labute approximate surface area is 167 Å². The predicted octanol–water partition coefficient (Wildman–Crippen LogP) is 2.78. The zero-order chi connectivity index (χ0) is 20.0. The highest BCUT2D eigenvalue weighted by Crippen LogP contribution is 2.31. The minimum atomic E-state index is -0.519. The molecule has 1 aromatic carbocycles. The van der Waals surface area contributed by atoms with E-state index in [1.165, 1.54) is 10.9 Å². The molecule has 1 atom stereocenters. The number of hydrogen-bond donors (Lipinski definition) is 3. The summed E-state index contributed by atoms with van der Waals surface area (Å²) in [4.78, 5) is 35.0. The van der Waals surface area contributed by atoms with E-state index in [0.29, 0.717) is 24.4 Å². The molecule has 2 aliphatic rings. The fraction of sp³-hybridized carbons (Fsp3) is 0.227. The zero-order valence-electron chi connectivity index (χ0n) is 16.0. The molecular weight excluding hydrogens is 366 g/mol. The van der Waals surface area contributed by atoms with Gasteiger partial charge < -0.3 is 20.5 Å². The van der Waals surface area contributed by atoms with E-state index in [-0.39, 0.29) is 11.9 Å². The van der Waals surface area contributed by atoms with Crippen molar-refractivity contribution in [3.05, 3.63) is 76.9 Å². The summed E-state index contributed by atoms with van der Waals surface area (Å²) in [6.45, 7) is 2.93. The van der Waals surface area contributed by atoms with E-state index in [2.05, 4.69) is 32.7 Å². The second-order valence-corrected chi connectivity index (χ2v) is 7.46. The summed E-state index contributed by atoms with van der Waals surface area (Å²) in [7, 11) is 0. The standard InChI is InChI=1S/C22H21N5O2/c1-13-19(20(26-22(29)24-13)14-5-4-9-23-11-14)21(28)27-10-8-16-15-6-2-3-7-17(15)25-18(16)12-27/h2-7,9,11,20,25H,8,10,12H2,1H3,(H2,24,26,29). The SMILES string of the molecule is CC1=C(C(=O)N2CCc3c([nH]c4ccccc34)C2)C(c2cccnc2)NC(=O)N1. The molecule has 0 aliphatic carbocycles. The quantitative estimate of drug-likeness (QED) is 0.632. The molecule has 3 N–H and O–H groups in total. The van der Waals surface area contributed by atoms with Gasteiger partial charge in [-0.2, -0.15) is 0 Å². The first-order chi connectivity index (χ1) is 14.1. The minimum absolute atomic E-state index is 0.0758. The van der Waals surface area contributed by atoms with Gasteiger partial charge in [0.15, 0.2) is 0 Å². The van der Waals surface area contributed by atoms with Crippen LogP contribution >= 0.6 is 0 Å². The van der Waals surface area contributed by atoms with E-state index in [1.807, 2.05) is 23.1 Å². The predicted molar refractivity (Wildman–Crippen MR) is 109 cm³/mol. The average Bonchev–Trinajstić information content (AvgIpc) is 3.11. The number of rotatable bonds is 2. The van der Waals surface area contributed by atoms with E-state index in [0.717, 1.165) is 23.2 Å². The molecule has 7 heteroatoms. The molecule has 7 nitrogen and oxygen atoms in total. The van der Waals surface area contributed by atoms with Crippen LogP contribution in [0.2, 0.25) is 0 Å². The third-order valence-electron chi connectivity index (χ3n) is 5.69. The Morgan fingerprint density at radius 3 is 2.90 bits per heavy atom. The van der Waals surface area contributed by atoms with Gasteiger partial charge in [-0.1, -0.05) is 24.3 Å². The summed E-state index contributed by atoms with van der Waals surface area (Å²) in [5.74, 6) is -0.0758. The first-order valence-corrected chi connectivity index (χ1v) is 9.68. The molecule has 3 amide bonds. The Kier molecular flexibility index (Phi) is 4.08. The van der Waals surface area contributed by atoms with Gasteiger partial charge in [0.2, 0.25) is 0 Å².